The average molecular weight is 1560 g/mol. The van der Waals surface area contributed by atoms with Gasteiger partial charge in [0.05, 0.1) is 69.0 Å². The van der Waals surface area contributed by atoms with Gasteiger partial charge in [-0.3, -0.25) is 24.0 Å². The minimum Gasteiger partial charge on any atom is -0.394 e. The van der Waals surface area contributed by atoms with Crippen LogP contribution in [0.4, 0.5) is 0 Å². The van der Waals surface area contributed by atoms with Gasteiger partial charge >= 0.3 is 0 Å². The van der Waals surface area contributed by atoms with E-state index in [-0.39, 0.29) is 83.5 Å². The van der Waals surface area contributed by atoms with E-state index in [0.29, 0.717) is 28.0 Å². The standard InChI is InChI=1S/C81H93N9O23/c91-41-57-68(98)71(101)74(104)78(111-57)108-37-34-82-60(94)28-31-81(32-29-61(95)83-35-38-109-79-75(105)72(102)69(99)58(42-92)112-79,33-30-62(96)84-36-39-110-80-76(106)73(103)70(100)59(43-93)113-80)90-63(97)40-85-77(107)48-18-16-47(17-19-48)67-55-26-24-53(88-55)65(45-12-6-2-7-13-45)51-22-20-49(86-51)64(44-10-4-1-5-11-44)50-21-23-52(87-50)66(46-14-8-3-9-15-46)54-25-27-56(67)89-54/h1-27,57-59,68-76,78-80,86,89,91-93,98-106H,28-43H2,(H,82,94)(H,83,95)(H,84,96)(H,85,107)(H,90,97)/t57-,58-,59-,68-,69-,70-,71+,72+,73+,74+,75+,76+,78+,79+,80+/m1/s1. The van der Waals surface area contributed by atoms with Crippen molar-refractivity contribution in [3.63, 3.8) is 0 Å². The number of aliphatic hydroxyl groups is 12. The molecule has 0 unspecified atom stereocenters. The van der Waals surface area contributed by atoms with Crippen molar-refractivity contribution >= 4 is 75.9 Å². The summed E-state index contributed by atoms with van der Waals surface area (Å²) in [5.41, 5.74) is 11.0. The van der Waals surface area contributed by atoms with Crippen LogP contribution in [-0.4, -0.2) is 274 Å². The number of hydrogen-bond donors (Lipinski definition) is 19. The van der Waals surface area contributed by atoms with Gasteiger partial charge in [0, 0.05) is 94.3 Å². The molecule has 0 saturated carbocycles. The van der Waals surface area contributed by atoms with Crippen LogP contribution >= 0.6 is 0 Å². The van der Waals surface area contributed by atoms with Gasteiger partial charge < -0.3 is 126 Å². The van der Waals surface area contributed by atoms with Crippen LogP contribution in [0.5, 0.6) is 0 Å². The molecule has 3 fully saturated rings. The van der Waals surface area contributed by atoms with Crippen molar-refractivity contribution in [2.45, 2.75) is 136 Å². The highest BCUT2D eigenvalue weighted by molar-refractivity contribution is 6.01. The first-order chi connectivity index (χ1) is 54.6. The van der Waals surface area contributed by atoms with Crippen LogP contribution in [0.3, 0.4) is 0 Å². The monoisotopic (exact) mass is 1560 g/mol. The highest BCUT2D eigenvalue weighted by Gasteiger charge is 2.47. The Morgan fingerprint density at radius 2 is 0.673 bits per heavy atom. The van der Waals surface area contributed by atoms with E-state index in [1.807, 2.05) is 121 Å². The number of benzene rings is 4. The molecule has 4 aromatic carbocycles. The Balaban J connectivity index is 0.811. The first kappa shape index (κ1) is 82.6. The van der Waals surface area contributed by atoms with Crippen LogP contribution in [0.2, 0.25) is 0 Å². The molecule has 5 aliphatic rings. The molecule has 113 heavy (non-hydrogen) atoms. The summed E-state index contributed by atoms with van der Waals surface area (Å²) in [7, 11) is 0. The Hall–Kier alpha value is -9.89. The normalized spacial score (nSPS) is 24.2. The minimum atomic E-state index is -1.74. The second-order valence-electron chi connectivity index (χ2n) is 27.9. The van der Waals surface area contributed by atoms with E-state index in [1.165, 1.54) is 0 Å². The molecule has 3 aromatic heterocycles. The summed E-state index contributed by atoms with van der Waals surface area (Å²) in [5, 5.41) is 136. The maximum atomic E-state index is 14.6. The summed E-state index contributed by atoms with van der Waals surface area (Å²) in [6.07, 6.45) is -17.7. The van der Waals surface area contributed by atoms with E-state index in [0.717, 1.165) is 61.3 Å². The highest BCUT2D eigenvalue weighted by atomic mass is 16.7. The number of ether oxygens (including phenoxy) is 6. The molecule has 8 heterocycles. The summed E-state index contributed by atoms with van der Waals surface area (Å²) in [4.78, 5) is 88.7. The molecule has 600 valence electrons. The number of nitrogens with zero attached hydrogens (tertiary/aromatic N) is 2. The zero-order valence-electron chi connectivity index (χ0n) is 61.3. The van der Waals surface area contributed by atoms with Gasteiger partial charge in [0.1, 0.15) is 73.2 Å². The Kier molecular flexibility index (Phi) is 28.0. The predicted molar refractivity (Wildman–Crippen MR) is 410 cm³/mol. The molecular weight excluding hydrogens is 1470 g/mol. The fraction of sp³-hybridized carbons (Fsp3) is 0.395. The average Bonchev–Trinajstić information content (AvgIpc) is 1.60. The van der Waals surface area contributed by atoms with Crippen molar-refractivity contribution < 1.29 is 114 Å². The molecule has 3 saturated heterocycles. The van der Waals surface area contributed by atoms with Crippen LogP contribution < -0.4 is 26.6 Å². The van der Waals surface area contributed by atoms with Gasteiger partial charge in [0.15, 0.2) is 18.9 Å². The SMILES string of the molecule is O=C(CCC(CCC(=O)NCCO[C@H]1O[C@H](CO)[C@@H](O)[C@H](O)[C@@H]1O)(CCC(=O)NCCO[C@H]1O[C@H](CO)[C@@H](O)[C@H](O)[C@@H]1O)NC(=O)CNC(=O)c1ccc(-c2c3nc(c(-c4ccccc4)c4ccc([nH]4)c(-c4ccccc4)c4nc(c(-c5ccccc5)c5ccc2[nH]5)C=C4)C=C3)cc1)NCCO[C@H]1O[C@H](CO)[C@@H](O)[C@H](O)[C@@H]1O. The van der Waals surface area contributed by atoms with Crippen molar-refractivity contribution in [2.75, 3.05) is 65.8 Å². The quantitative estimate of drug-likeness (QED) is 0.0262. The molecule has 5 amide bonds. The number of aliphatic hydroxyl groups excluding tert-OH is 12. The number of hydrogen-bond acceptors (Lipinski definition) is 25. The molecule has 32 nitrogen and oxygen atoms in total. The lowest BCUT2D eigenvalue weighted by Crippen LogP contribution is -2.59. The predicted octanol–water partition coefficient (Wildman–Crippen LogP) is 1.05. The van der Waals surface area contributed by atoms with E-state index in [9.17, 15) is 85.3 Å². The molecule has 0 radical (unpaired) electrons. The lowest BCUT2D eigenvalue weighted by Gasteiger charge is -2.39. The van der Waals surface area contributed by atoms with Crippen LogP contribution in [0.15, 0.2) is 140 Å². The summed E-state index contributed by atoms with van der Waals surface area (Å²) in [6.45, 7) is -4.44. The van der Waals surface area contributed by atoms with Crippen molar-refractivity contribution in [3.8, 4) is 44.5 Å². The Bertz CT molecular complexity index is 4480. The van der Waals surface area contributed by atoms with E-state index in [4.69, 9.17) is 38.4 Å². The molecule has 15 atom stereocenters. The Morgan fingerprint density at radius 1 is 0.372 bits per heavy atom. The highest BCUT2D eigenvalue weighted by Crippen LogP contribution is 2.39. The fourth-order valence-electron chi connectivity index (χ4n) is 14.2. The number of aromatic nitrogens is 4. The molecule has 12 rings (SSSR count). The van der Waals surface area contributed by atoms with Crippen molar-refractivity contribution in [1.82, 2.24) is 46.5 Å². The van der Waals surface area contributed by atoms with Crippen molar-refractivity contribution in [1.29, 1.82) is 0 Å². The summed E-state index contributed by atoms with van der Waals surface area (Å²) >= 11 is 0. The van der Waals surface area contributed by atoms with E-state index >= 15 is 0 Å². The van der Waals surface area contributed by atoms with Gasteiger partial charge in [-0.1, -0.05) is 103 Å². The molecule has 0 aliphatic carbocycles. The maximum absolute atomic E-state index is 14.6. The van der Waals surface area contributed by atoms with Gasteiger partial charge in [0.25, 0.3) is 5.91 Å². The molecule has 32 heteroatoms. The van der Waals surface area contributed by atoms with Crippen LogP contribution in [0.1, 0.15) is 71.7 Å². The summed E-state index contributed by atoms with van der Waals surface area (Å²) in [6, 6.07) is 44.8. The molecular formula is C81H93N9O23. The number of carbonyl (C=O) groups excluding carboxylic acids is 5. The Morgan fingerprint density at radius 3 is 0.973 bits per heavy atom. The number of nitrogens with one attached hydrogen (secondary N) is 7. The zero-order chi connectivity index (χ0) is 79.9. The molecule has 7 aromatic rings. The number of carbonyl (C=O) groups is 5. The van der Waals surface area contributed by atoms with Gasteiger partial charge in [-0.2, -0.15) is 0 Å². The largest absolute Gasteiger partial charge is 0.394 e. The lowest BCUT2D eigenvalue weighted by atomic mass is 9.83. The zero-order valence-corrected chi connectivity index (χ0v) is 61.3. The first-order valence-electron chi connectivity index (χ1n) is 37.2. The number of amides is 5. The molecule has 5 aliphatic heterocycles. The minimum absolute atomic E-state index is 0.142. The third kappa shape index (κ3) is 19.8. The maximum Gasteiger partial charge on any atom is 0.251 e. The van der Waals surface area contributed by atoms with Gasteiger partial charge in [-0.15, -0.1) is 0 Å². The van der Waals surface area contributed by atoms with E-state index < -0.39 is 154 Å². The van der Waals surface area contributed by atoms with Crippen molar-refractivity contribution in [2.24, 2.45) is 0 Å². The second kappa shape index (κ2) is 38.3. The number of H-pyrrole nitrogens is 2. The topological polar surface area (TPSA) is 501 Å². The van der Waals surface area contributed by atoms with Gasteiger partial charge in [-0.05, 0) is 102 Å². The van der Waals surface area contributed by atoms with Gasteiger partial charge in [0.2, 0.25) is 23.6 Å². The summed E-state index contributed by atoms with van der Waals surface area (Å²) in [5.74, 6) is -3.41. The third-order valence-electron chi connectivity index (χ3n) is 20.3. The number of aromatic amines is 2. The smallest absolute Gasteiger partial charge is 0.251 e. The number of rotatable bonds is 32. The Labute approximate surface area is 647 Å². The lowest BCUT2D eigenvalue weighted by molar-refractivity contribution is -0.300. The fourth-order valence-corrected chi connectivity index (χ4v) is 14.2. The second-order valence-corrected chi connectivity index (χ2v) is 27.9. The molecule has 8 bridgehead atoms. The molecule has 19 N–H and O–H groups in total. The van der Waals surface area contributed by atoms with Crippen LogP contribution in [0.25, 0.3) is 90.9 Å². The molecule has 0 spiro atoms. The third-order valence-corrected chi connectivity index (χ3v) is 20.3. The van der Waals surface area contributed by atoms with E-state index in [2.05, 4.69) is 54.8 Å². The summed E-state index contributed by atoms with van der Waals surface area (Å²) < 4.78 is 32.9. The van der Waals surface area contributed by atoms with Crippen LogP contribution in [0, 0.1) is 0 Å². The van der Waals surface area contributed by atoms with Crippen LogP contribution in [-0.2, 0) is 47.6 Å². The van der Waals surface area contributed by atoms with Crippen molar-refractivity contribution in [3.05, 3.63) is 168 Å². The number of fused-ring (bicyclic) bond motifs is 8. The van der Waals surface area contributed by atoms with Gasteiger partial charge in [-0.25, -0.2) is 9.97 Å². The first-order valence-corrected chi connectivity index (χ1v) is 37.2. The van der Waals surface area contributed by atoms with E-state index in [1.54, 1.807) is 24.3 Å².